The number of unbranched alkanes of at least 4 members (excludes halogenated alkanes) is 10. The Hall–Kier alpha value is -1.32. The predicted molar refractivity (Wildman–Crippen MR) is 85.5 cm³/mol. The van der Waals surface area contributed by atoms with Gasteiger partial charge in [0.1, 0.15) is 0 Å². The first-order chi connectivity index (χ1) is 9.41. The standard InChI is InChI=1S/C19H28/c1-3-5-7-9-11-13-15-17-19-18-16-14-12-10-8-6-4-2/h1H,4-14,16H2,2H3. The van der Waals surface area contributed by atoms with Crippen molar-refractivity contribution in [3.63, 3.8) is 0 Å². The van der Waals surface area contributed by atoms with E-state index >= 15 is 0 Å². The van der Waals surface area contributed by atoms with Gasteiger partial charge in [-0.05, 0) is 31.1 Å². The molecule has 0 saturated carbocycles. The fraction of sp³-hybridized carbons (Fsp3) is 0.684. The second-order valence-corrected chi connectivity index (χ2v) is 4.89. The largest absolute Gasteiger partial charge is 0.120 e. The van der Waals surface area contributed by atoms with E-state index in [-0.39, 0.29) is 0 Å². The van der Waals surface area contributed by atoms with Crippen molar-refractivity contribution in [2.45, 2.75) is 84.0 Å². The maximum atomic E-state index is 5.19. The van der Waals surface area contributed by atoms with Crippen LogP contribution in [0.4, 0.5) is 0 Å². The van der Waals surface area contributed by atoms with Gasteiger partial charge in [0.05, 0.1) is 0 Å². The Labute approximate surface area is 120 Å². The zero-order valence-corrected chi connectivity index (χ0v) is 12.6. The molecule has 0 aromatic carbocycles. The molecule has 0 aliphatic carbocycles. The molecule has 0 fully saturated rings. The Balaban J connectivity index is 3.28. The van der Waals surface area contributed by atoms with Crippen LogP contribution in [-0.2, 0) is 0 Å². The van der Waals surface area contributed by atoms with Crippen LogP contribution in [0.15, 0.2) is 0 Å². The van der Waals surface area contributed by atoms with Gasteiger partial charge in [-0.2, -0.15) is 0 Å². The van der Waals surface area contributed by atoms with Gasteiger partial charge in [0.25, 0.3) is 0 Å². The minimum absolute atomic E-state index is 0.894. The molecule has 0 amide bonds. The first-order valence-corrected chi connectivity index (χ1v) is 7.81. The van der Waals surface area contributed by atoms with Crippen LogP contribution in [-0.4, -0.2) is 0 Å². The predicted octanol–water partition coefficient (Wildman–Crippen LogP) is 5.33. The van der Waals surface area contributed by atoms with Crippen molar-refractivity contribution < 1.29 is 0 Å². The Morgan fingerprint density at radius 3 is 1.68 bits per heavy atom. The third-order valence-corrected chi connectivity index (χ3v) is 3.02. The Morgan fingerprint density at radius 1 is 0.632 bits per heavy atom. The fourth-order valence-electron chi connectivity index (χ4n) is 1.82. The molecule has 0 bridgehead atoms. The minimum atomic E-state index is 0.894. The van der Waals surface area contributed by atoms with Gasteiger partial charge in [-0.3, -0.25) is 0 Å². The lowest BCUT2D eigenvalue weighted by Crippen LogP contribution is -1.77. The Kier molecular flexibility index (Phi) is 15.5. The minimum Gasteiger partial charge on any atom is -0.120 e. The smallest absolute Gasteiger partial charge is 0.00989 e. The molecule has 0 aromatic heterocycles. The normalized spacial score (nSPS) is 8.84. The van der Waals surface area contributed by atoms with E-state index in [0.29, 0.717) is 0 Å². The first kappa shape index (κ1) is 17.7. The van der Waals surface area contributed by atoms with Gasteiger partial charge in [-0.1, -0.05) is 57.3 Å². The highest BCUT2D eigenvalue weighted by Crippen LogP contribution is 2.06. The van der Waals surface area contributed by atoms with Gasteiger partial charge in [-0.15, -0.1) is 12.3 Å². The van der Waals surface area contributed by atoms with Crippen molar-refractivity contribution in [2.24, 2.45) is 0 Å². The summed E-state index contributed by atoms with van der Waals surface area (Å²) in [6.45, 7) is 2.25. The summed E-state index contributed by atoms with van der Waals surface area (Å²) in [4.78, 5) is 0. The van der Waals surface area contributed by atoms with E-state index in [4.69, 9.17) is 6.42 Å². The topological polar surface area (TPSA) is 0 Å². The average Bonchev–Trinajstić information content (AvgIpc) is 2.43. The molecule has 0 saturated heterocycles. The molecule has 0 nitrogen and oxygen atoms in total. The van der Waals surface area contributed by atoms with Crippen molar-refractivity contribution >= 4 is 0 Å². The molecule has 0 unspecified atom stereocenters. The number of rotatable bonds is 10. The molecule has 0 rings (SSSR count). The van der Waals surface area contributed by atoms with Gasteiger partial charge in [-0.25, -0.2) is 0 Å². The van der Waals surface area contributed by atoms with Gasteiger partial charge in [0, 0.05) is 19.3 Å². The SMILES string of the molecule is C#CCCCCCC#CC#CCCCCCCCC. The van der Waals surface area contributed by atoms with Crippen molar-refractivity contribution in [3.8, 4) is 36.0 Å². The molecule has 19 heavy (non-hydrogen) atoms. The molecule has 0 heterocycles. The Morgan fingerprint density at radius 2 is 1.11 bits per heavy atom. The third kappa shape index (κ3) is 16.7. The molecule has 0 heteroatoms. The highest BCUT2D eigenvalue weighted by atomic mass is 13.9. The number of terminal acetylenes is 1. The van der Waals surface area contributed by atoms with Gasteiger partial charge < -0.3 is 0 Å². The molecule has 104 valence electrons. The lowest BCUT2D eigenvalue weighted by molar-refractivity contribution is 0.614. The maximum Gasteiger partial charge on any atom is 0.00989 e. The van der Waals surface area contributed by atoms with E-state index in [9.17, 15) is 0 Å². The summed E-state index contributed by atoms with van der Waals surface area (Å²) in [5.74, 6) is 14.8. The molecule has 0 aliphatic heterocycles. The van der Waals surface area contributed by atoms with Crippen LogP contribution in [0.2, 0.25) is 0 Å². The van der Waals surface area contributed by atoms with Crippen LogP contribution in [0.25, 0.3) is 0 Å². The summed E-state index contributed by atoms with van der Waals surface area (Å²) < 4.78 is 0. The monoisotopic (exact) mass is 256 g/mol. The molecule has 0 N–H and O–H groups in total. The van der Waals surface area contributed by atoms with Gasteiger partial charge in [0.2, 0.25) is 0 Å². The average molecular weight is 256 g/mol. The summed E-state index contributed by atoms with van der Waals surface area (Å²) in [6.07, 6.45) is 19.5. The quantitative estimate of drug-likeness (QED) is 0.366. The lowest BCUT2D eigenvalue weighted by Gasteiger charge is -1.96. The van der Waals surface area contributed by atoms with E-state index in [1.807, 2.05) is 0 Å². The molecular formula is C19H28. The van der Waals surface area contributed by atoms with Crippen LogP contribution in [0, 0.1) is 36.0 Å². The van der Waals surface area contributed by atoms with Gasteiger partial charge in [0.15, 0.2) is 0 Å². The molecule has 0 aromatic rings. The van der Waals surface area contributed by atoms with E-state index in [2.05, 4.69) is 36.5 Å². The Bertz CT molecular complexity index is 334. The van der Waals surface area contributed by atoms with Crippen LogP contribution in [0.3, 0.4) is 0 Å². The van der Waals surface area contributed by atoms with Crippen molar-refractivity contribution in [1.29, 1.82) is 0 Å². The third-order valence-electron chi connectivity index (χ3n) is 3.02. The maximum absolute atomic E-state index is 5.19. The number of hydrogen-bond donors (Lipinski definition) is 0. The molecule has 0 atom stereocenters. The van der Waals surface area contributed by atoms with Crippen molar-refractivity contribution in [1.82, 2.24) is 0 Å². The second kappa shape index (κ2) is 16.7. The first-order valence-electron chi connectivity index (χ1n) is 7.81. The van der Waals surface area contributed by atoms with Crippen molar-refractivity contribution in [2.75, 3.05) is 0 Å². The zero-order valence-electron chi connectivity index (χ0n) is 12.6. The lowest BCUT2D eigenvalue weighted by atomic mass is 10.1. The van der Waals surface area contributed by atoms with E-state index in [1.165, 1.54) is 44.9 Å². The second-order valence-electron chi connectivity index (χ2n) is 4.89. The molecule has 0 spiro atoms. The van der Waals surface area contributed by atoms with Crippen LogP contribution >= 0.6 is 0 Å². The van der Waals surface area contributed by atoms with Crippen molar-refractivity contribution in [3.05, 3.63) is 0 Å². The van der Waals surface area contributed by atoms with Crippen LogP contribution in [0.5, 0.6) is 0 Å². The zero-order chi connectivity index (χ0) is 14.0. The van der Waals surface area contributed by atoms with Gasteiger partial charge >= 0.3 is 0 Å². The van der Waals surface area contributed by atoms with E-state index in [1.54, 1.807) is 0 Å². The van der Waals surface area contributed by atoms with Crippen LogP contribution in [0.1, 0.15) is 84.0 Å². The highest BCUT2D eigenvalue weighted by Gasteiger charge is 1.87. The summed E-state index contributed by atoms with van der Waals surface area (Å²) in [7, 11) is 0. The molecule has 0 radical (unpaired) electrons. The summed E-state index contributed by atoms with van der Waals surface area (Å²) in [5, 5.41) is 0. The van der Waals surface area contributed by atoms with E-state index < -0.39 is 0 Å². The van der Waals surface area contributed by atoms with Crippen LogP contribution < -0.4 is 0 Å². The molecule has 0 aliphatic rings. The fourth-order valence-corrected chi connectivity index (χ4v) is 1.82. The summed E-state index contributed by atoms with van der Waals surface area (Å²) in [6, 6.07) is 0. The summed E-state index contributed by atoms with van der Waals surface area (Å²) in [5.41, 5.74) is 0. The highest BCUT2D eigenvalue weighted by molar-refractivity contribution is 5.25. The number of hydrogen-bond acceptors (Lipinski definition) is 0. The van der Waals surface area contributed by atoms with E-state index in [0.717, 1.165) is 32.1 Å². The summed E-state index contributed by atoms with van der Waals surface area (Å²) >= 11 is 0. The molecular weight excluding hydrogens is 228 g/mol.